The average Bonchev–Trinajstić information content (AvgIpc) is 2.65. The van der Waals surface area contributed by atoms with Crippen LogP contribution in [0.25, 0.3) is 22.1 Å². The van der Waals surface area contributed by atoms with Crippen LogP contribution in [-0.4, -0.2) is 47.3 Å². The van der Waals surface area contributed by atoms with Gasteiger partial charge in [-0.25, -0.2) is 4.79 Å². The van der Waals surface area contributed by atoms with Crippen LogP contribution in [0.4, 0.5) is 5.69 Å². The minimum Gasteiger partial charge on any atom is -0.423 e. The van der Waals surface area contributed by atoms with Crippen LogP contribution in [0.2, 0.25) is 0 Å². The molecule has 6 nitrogen and oxygen atoms in total. The Balaban J connectivity index is 2.17. The normalized spacial score (nSPS) is 11.4. The van der Waals surface area contributed by atoms with Crippen molar-refractivity contribution in [2.24, 2.45) is 0 Å². The van der Waals surface area contributed by atoms with Gasteiger partial charge in [-0.05, 0) is 23.3 Å². The molecule has 0 fully saturated rings. The van der Waals surface area contributed by atoms with E-state index in [1.54, 1.807) is 55.4 Å². The second kappa shape index (κ2) is 7.56. The van der Waals surface area contributed by atoms with Crippen molar-refractivity contribution in [3.8, 4) is 11.1 Å². The number of rotatable bonds is 5. The van der Waals surface area contributed by atoms with E-state index in [9.17, 15) is 14.7 Å². The molecule has 1 amide bonds. The number of nitrogens with zero attached hydrogens (tertiary/aromatic N) is 1. The van der Waals surface area contributed by atoms with Gasteiger partial charge in [0.2, 0.25) is 5.91 Å². The quantitative estimate of drug-likeness (QED) is 0.518. The molecule has 0 aliphatic heterocycles. The molecule has 4 radical (unpaired) electrons. The van der Waals surface area contributed by atoms with E-state index in [0.717, 1.165) is 0 Å². The molecular weight excluding hydrogens is 354 g/mol. The van der Waals surface area contributed by atoms with E-state index in [1.807, 2.05) is 6.07 Å². The van der Waals surface area contributed by atoms with Crippen molar-refractivity contribution >= 4 is 38.3 Å². The second-order valence-electron chi connectivity index (χ2n) is 6.56. The molecule has 8 heteroatoms. The van der Waals surface area contributed by atoms with E-state index in [4.69, 9.17) is 20.1 Å². The third kappa shape index (κ3) is 3.97. The highest BCUT2D eigenvalue weighted by molar-refractivity contribution is 6.39. The zero-order valence-corrected chi connectivity index (χ0v) is 15.6. The number of fused-ring (bicyclic) bond motifs is 1. The number of carbonyl (C=O) groups is 1. The van der Waals surface area contributed by atoms with E-state index in [1.165, 1.54) is 6.07 Å². The van der Waals surface area contributed by atoms with Crippen LogP contribution in [0.5, 0.6) is 0 Å². The number of anilines is 1. The first kappa shape index (κ1) is 19.8. The monoisotopic (exact) mass is 372 g/mol. The maximum absolute atomic E-state index is 12.2. The Kier molecular flexibility index (Phi) is 5.33. The van der Waals surface area contributed by atoms with Gasteiger partial charge >= 0.3 is 5.63 Å². The second-order valence-corrected chi connectivity index (χ2v) is 6.56. The van der Waals surface area contributed by atoms with Gasteiger partial charge < -0.3 is 19.7 Å². The van der Waals surface area contributed by atoms with Crippen molar-refractivity contribution in [2.75, 3.05) is 25.5 Å². The van der Waals surface area contributed by atoms with Crippen molar-refractivity contribution in [3.05, 3.63) is 64.5 Å². The van der Waals surface area contributed by atoms with E-state index in [2.05, 4.69) is 5.32 Å². The Morgan fingerprint density at radius 2 is 1.89 bits per heavy atom. The van der Waals surface area contributed by atoms with Gasteiger partial charge in [-0.15, -0.1) is 0 Å². The van der Waals surface area contributed by atoms with Gasteiger partial charge in [0.25, 0.3) is 0 Å². The molecule has 0 atom stereocenters. The molecule has 0 saturated heterocycles. The van der Waals surface area contributed by atoms with Crippen molar-refractivity contribution in [3.63, 3.8) is 0 Å². The van der Waals surface area contributed by atoms with Crippen LogP contribution < -0.4 is 15.8 Å². The van der Waals surface area contributed by atoms with Crippen molar-refractivity contribution in [2.45, 2.75) is 5.40 Å². The van der Waals surface area contributed by atoms with E-state index in [0.29, 0.717) is 27.8 Å². The number of amides is 1. The zero-order valence-electron chi connectivity index (χ0n) is 15.6. The third-order valence-corrected chi connectivity index (χ3v) is 4.48. The highest BCUT2D eigenvalue weighted by Crippen LogP contribution is 2.34. The van der Waals surface area contributed by atoms with Gasteiger partial charge in [0, 0.05) is 48.3 Å². The SMILES string of the molecule is [B]C([B])(O)c1ccccc1-c1cc(=O)oc2cc(N(C)CC(=O)NC)ccc12. The summed E-state index contributed by atoms with van der Waals surface area (Å²) in [5.74, 6) is -0.142. The lowest BCUT2D eigenvalue weighted by molar-refractivity contribution is -0.119. The van der Waals surface area contributed by atoms with Gasteiger partial charge in [-0.2, -0.15) is 0 Å². The number of aliphatic hydroxyl groups is 1. The molecule has 28 heavy (non-hydrogen) atoms. The molecule has 0 spiro atoms. The molecule has 0 aliphatic carbocycles. The molecule has 2 N–H and O–H groups in total. The Morgan fingerprint density at radius 1 is 1.18 bits per heavy atom. The van der Waals surface area contributed by atoms with Gasteiger partial charge in [-0.1, -0.05) is 24.3 Å². The first-order valence-electron chi connectivity index (χ1n) is 8.60. The maximum Gasteiger partial charge on any atom is 0.336 e. The summed E-state index contributed by atoms with van der Waals surface area (Å²) >= 11 is 0. The Bertz CT molecular complexity index is 1090. The number of hydrogen-bond acceptors (Lipinski definition) is 5. The molecule has 3 aromatic rings. The standard InChI is InChI=1S/C20H18B2N2O4/c1-23-18(25)11-24(2)12-7-8-14-15(10-19(26)28-17(14)9-12)13-5-3-4-6-16(13)20(21,22)27/h3-10,27H,11H2,1-2H3,(H,23,25). The lowest BCUT2D eigenvalue weighted by atomic mass is 9.60. The highest BCUT2D eigenvalue weighted by atomic mass is 16.4. The summed E-state index contributed by atoms with van der Waals surface area (Å²) in [4.78, 5) is 25.5. The molecule has 1 aromatic heterocycles. The molecule has 0 unspecified atom stereocenters. The molecule has 0 aliphatic rings. The van der Waals surface area contributed by atoms with Crippen LogP contribution in [0.15, 0.2) is 57.7 Å². The molecular formula is C20H18B2N2O4. The van der Waals surface area contributed by atoms with Crippen molar-refractivity contribution < 1.29 is 14.3 Å². The summed E-state index contributed by atoms with van der Waals surface area (Å²) in [6, 6.07) is 13.4. The largest absolute Gasteiger partial charge is 0.423 e. The number of carbonyl (C=O) groups excluding carboxylic acids is 1. The minimum atomic E-state index is -2.06. The van der Waals surface area contributed by atoms with Crippen LogP contribution >= 0.6 is 0 Å². The van der Waals surface area contributed by atoms with E-state index in [-0.39, 0.29) is 18.0 Å². The highest BCUT2D eigenvalue weighted by Gasteiger charge is 2.21. The summed E-state index contributed by atoms with van der Waals surface area (Å²) in [6.07, 6.45) is 0. The van der Waals surface area contributed by atoms with Gasteiger partial charge in [0.15, 0.2) is 0 Å². The van der Waals surface area contributed by atoms with Crippen LogP contribution in [-0.2, 0) is 10.2 Å². The molecule has 0 bridgehead atoms. The Morgan fingerprint density at radius 3 is 2.57 bits per heavy atom. The molecule has 0 saturated carbocycles. The van der Waals surface area contributed by atoms with Gasteiger partial charge in [0.05, 0.1) is 6.54 Å². The fourth-order valence-electron chi connectivity index (χ4n) is 3.06. The Labute approximate surface area is 165 Å². The lowest BCUT2D eigenvalue weighted by Gasteiger charge is -2.23. The molecule has 2 aromatic carbocycles. The number of benzene rings is 2. The van der Waals surface area contributed by atoms with Crippen molar-refractivity contribution in [1.82, 2.24) is 5.32 Å². The first-order valence-corrected chi connectivity index (χ1v) is 8.60. The predicted octanol–water partition coefficient (Wildman–Crippen LogP) is 1.08. The summed E-state index contributed by atoms with van der Waals surface area (Å²) in [7, 11) is 14.7. The topological polar surface area (TPSA) is 82.8 Å². The summed E-state index contributed by atoms with van der Waals surface area (Å²) < 4.78 is 5.36. The minimum absolute atomic E-state index is 0.142. The molecule has 138 valence electrons. The fourth-order valence-corrected chi connectivity index (χ4v) is 3.06. The van der Waals surface area contributed by atoms with Crippen LogP contribution in [0.3, 0.4) is 0 Å². The maximum atomic E-state index is 12.2. The Hall–Kier alpha value is -2.99. The molecule has 3 rings (SSSR count). The summed E-state index contributed by atoms with van der Waals surface area (Å²) in [5.41, 5.74) is 1.84. The van der Waals surface area contributed by atoms with Gasteiger partial charge in [0.1, 0.15) is 21.3 Å². The third-order valence-electron chi connectivity index (χ3n) is 4.48. The number of likely N-dealkylation sites (N-methyl/N-ethyl adjacent to an activating group) is 2. The smallest absolute Gasteiger partial charge is 0.336 e. The van der Waals surface area contributed by atoms with Gasteiger partial charge in [-0.3, -0.25) is 4.79 Å². The average molecular weight is 372 g/mol. The first-order chi connectivity index (χ1) is 13.2. The van der Waals surface area contributed by atoms with E-state index < -0.39 is 11.0 Å². The van der Waals surface area contributed by atoms with Crippen LogP contribution in [0.1, 0.15) is 5.56 Å². The summed E-state index contributed by atoms with van der Waals surface area (Å²) in [5, 5.41) is 11.3. The molecule has 1 heterocycles. The zero-order chi connectivity index (χ0) is 20.5. The summed E-state index contributed by atoms with van der Waals surface area (Å²) in [6.45, 7) is 0.155. The fraction of sp³-hybridized carbons (Fsp3) is 0.200. The lowest BCUT2D eigenvalue weighted by Crippen LogP contribution is -2.32. The van der Waals surface area contributed by atoms with E-state index >= 15 is 0 Å². The van der Waals surface area contributed by atoms with Crippen molar-refractivity contribution in [1.29, 1.82) is 0 Å². The number of hydrogen-bond donors (Lipinski definition) is 2. The number of nitrogens with one attached hydrogen (secondary N) is 1. The predicted molar refractivity (Wildman–Crippen MR) is 111 cm³/mol. The van der Waals surface area contributed by atoms with Crippen LogP contribution in [0, 0.1) is 0 Å².